The fraction of sp³-hybridized carbons (Fsp3) is 0.312. The SMILES string of the molecule is CCCCCCCCc1cc2c3ccc4c(ccc5c4ccc4c5ccn4C)c3ccc2n1C. The van der Waals surface area contributed by atoms with Gasteiger partial charge in [0.05, 0.1) is 0 Å². The molecule has 2 heterocycles. The summed E-state index contributed by atoms with van der Waals surface area (Å²) in [6.07, 6.45) is 11.4. The molecule has 0 radical (unpaired) electrons. The van der Waals surface area contributed by atoms with Gasteiger partial charge in [-0.1, -0.05) is 75.4 Å². The predicted octanol–water partition coefficient (Wildman–Crippen LogP) is 9.03. The molecule has 0 amide bonds. The largest absolute Gasteiger partial charge is 0.351 e. The zero-order chi connectivity index (χ0) is 23.2. The molecule has 0 saturated heterocycles. The third kappa shape index (κ3) is 3.31. The Bertz CT molecular complexity index is 1660. The van der Waals surface area contributed by atoms with Crippen molar-refractivity contribution in [3.05, 3.63) is 72.6 Å². The highest BCUT2D eigenvalue weighted by Gasteiger charge is 2.13. The van der Waals surface area contributed by atoms with Crippen LogP contribution in [0.2, 0.25) is 0 Å². The highest BCUT2D eigenvalue weighted by atomic mass is 14.9. The lowest BCUT2D eigenvalue weighted by Crippen LogP contribution is -1.96. The average molecular weight is 447 g/mol. The molecule has 0 N–H and O–H groups in total. The molecular formula is C32H34N2. The zero-order valence-corrected chi connectivity index (χ0v) is 20.7. The van der Waals surface area contributed by atoms with Crippen molar-refractivity contribution in [2.24, 2.45) is 14.1 Å². The summed E-state index contributed by atoms with van der Waals surface area (Å²) < 4.78 is 4.62. The molecule has 2 aromatic heterocycles. The van der Waals surface area contributed by atoms with Crippen LogP contribution in [0, 0.1) is 0 Å². The van der Waals surface area contributed by atoms with Gasteiger partial charge in [0.1, 0.15) is 0 Å². The van der Waals surface area contributed by atoms with Gasteiger partial charge in [-0.2, -0.15) is 0 Å². The Kier molecular flexibility index (Phi) is 5.32. The van der Waals surface area contributed by atoms with E-state index in [4.69, 9.17) is 0 Å². The second kappa shape index (κ2) is 8.51. The maximum atomic E-state index is 2.45. The van der Waals surface area contributed by atoms with Crippen LogP contribution in [-0.4, -0.2) is 9.13 Å². The van der Waals surface area contributed by atoms with Crippen molar-refractivity contribution >= 4 is 54.1 Å². The van der Waals surface area contributed by atoms with Crippen LogP contribution >= 0.6 is 0 Å². The summed E-state index contributed by atoms with van der Waals surface area (Å²) in [6, 6.07) is 23.2. The lowest BCUT2D eigenvalue weighted by atomic mass is 9.94. The van der Waals surface area contributed by atoms with E-state index in [1.165, 1.54) is 105 Å². The summed E-state index contributed by atoms with van der Waals surface area (Å²) in [6.45, 7) is 2.29. The van der Waals surface area contributed by atoms with Crippen LogP contribution in [0.25, 0.3) is 54.1 Å². The van der Waals surface area contributed by atoms with Crippen LogP contribution < -0.4 is 0 Å². The minimum absolute atomic E-state index is 1.17. The first-order chi connectivity index (χ1) is 16.7. The van der Waals surface area contributed by atoms with Gasteiger partial charge in [0.25, 0.3) is 0 Å². The van der Waals surface area contributed by atoms with Gasteiger partial charge in [0, 0.05) is 47.8 Å². The third-order valence-electron chi connectivity index (χ3n) is 7.97. The summed E-state index contributed by atoms with van der Waals surface area (Å²) in [7, 11) is 4.36. The van der Waals surface area contributed by atoms with Gasteiger partial charge < -0.3 is 9.13 Å². The lowest BCUT2D eigenvalue weighted by Gasteiger charge is -2.10. The highest BCUT2D eigenvalue weighted by Crippen LogP contribution is 2.37. The van der Waals surface area contributed by atoms with Crippen molar-refractivity contribution in [3.63, 3.8) is 0 Å². The first-order valence-corrected chi connectivity index (χ1v) is 13.0. The maximum Gasteiger partial charge on any atom is 0.0486 e. The Morgan fingerprint density at radius 1 is 0.529 bits per heavy atom. The number of aryl methyl sites for hydroxylation is 3. The molecular weight excluding hydrogens is 412 g/mol. The average Bonchev–Trinajstić information content (AvgIpc) is 3.40. The Morgan fingerprint density at radius 3 is 1.74 bits per heavy atom. The molecule has 0 atom stereocenters. The molecule has 0 fully saturated rings. The van der Waals surface area contributed by atoms with Crippen LogP contribution in [0.5, 0.6) is 0 Å². The number of fused-ring (bicyclic) bond motifs is 9. The van der Waals surface area contributed by atoms with Crippen LogP contribution in [0.1, 0.15) is 51.1 Å². The molecule has 4 aromatic carbocycles. The van der Waals surface area contributed by atoms with E-state index in [0.717, 1.165) is 0 Å². The van der Waals surface area contributed by atoms with E-state index in [1.54, 1.807) is 0 Å². The first kappa shape index (κ1) is 21.3. The van der Waals surface area contributed by atoms with Gasteiger partial charge in [-0.15, -0.1) is 0 Å². The molecule has 6 aromatic rings. The highest BCUT2D eigenvalue weighted by molar-refractivity contribution is 6.24. The molecule has 2 heteroatoms. The van der Waals surface area contributed by atoms with Gasteiger partial charge in [-0.05, 0) is 69.4 Å². The van der Waals surface area contributed by atoms with E-state index < -0.39 is 0 Å². The number of unbranched alkanes of at least 4 members (excludes halogenated alkanes) is 5. The first-order valence-electron chi connectivity index (χ1n) is 13.0. The number of hydrogen-bond donors (Lipinski definition) is 0. The van der Waals surface area contributed by atoms with Crippen LogP contribution in [-0.2, 0) is 20.5 Å². The number of rotatable bonds is 7. The van der Waals surface area contributed by atoms with Gasteiger partial charge in [0.2, 0.25) is 0 Å². The van der Waals surface area contributed by atoms with Crippen LogP contribution in [0.4, 0.5) is 0 Å². The Hall–Kier alpha value is -3.26. The molecule has 2 nitrogen and oxygen atoms in total. The van der Waals surface area contributed by atoms with Crippen molar-refractivity contribution in [3.8, 4) is 0 Å². The molecule has 172 valence electrons. The van der Waals surface area contributed by atoms with Crippen molar-refractivity contribution in [1.29, 1.82) is 0 Å². The summed E-state index contributed by atoms with van der Waals surface area (Å²) in [5, 5.41) is 10.8. The fourth-order valence-electron chi connectivity index (χ4n) is 6.00. The van der Waals surface area contributed by atoms with E-state index in [-0.39, 0.29) is 0 Å². The van der Waals surface area contributed by atoms with E-state index in [0.29, 0.717) is 0 Å². The molecule has 6 rings (SSSR count). The van der Waals surface area contributed by atoms with Crippen molar-refractivity contribution in [2.45, 2.75) is 51.9 Å². The summed E-state index contributed by atoms with van der Waals surface area (Å²) in [4.78, 5) is 0. The smallest absolute Gasteiger partial charge is 0.0486 e. The predicted molar refractivity (Wildman–Crippen MR) is 149 cm³/mol. The molecule has 0 aliphatic heterocycles. The number of hydrogen-bond acceptors (Lipinski definition) is 0. The Labute approximate surface area is 201 Å². The van der Waals surface area contributed by atoms with E-state index in [2.05, 4.69) is 97.0 Å². The topological polar surface area (TPSA) is 9.86 Å². The third-order valence-corrected chi connectivity index (χ3v) is 7.97. The second-order valence-corrected chi connectivity index (χ2v) is 10.1. The zero-order valence-electron chi connectivity index (χ0n) is 20.7. The fourth-order valence-corrected chi connectivity index (χ4v) is 6.00. The maximum absolute atomic E-state index is 2.45. The molecule has 34 heavy (non-hydrogen) atoms. The van der Waals surface area contributed by atoms with Crippen LogP contribution in [0.15, 0.2) is 66.9 Å². The minimum atomic E-state index is 1.17. The van der Waals surface area contributed by atoms with Gasteiger partial charge in [-0.3, -0.25) is 0 Å². The molecule has 0 spiro atoms. The van der Waals surface area contributed by atoms with Crippen molar-refractivity contribution in [1.82, 2.24) is 9.13 Å². The quantitative estimate of drug-likeness (QED) is 0.171. The monoisotopic (exact) mass is 446 g/mol. The van der Waals surface area contributed by atoms with Crippen LogP contribution in [0.3, 0.4) is 0 Å². The molecule has 0 aliphatic carbocycles. The Morgan fingerprint density at radius 2 is 1.06 bits per heavy atom. The van der Waals surface area contributed by atoms with Gasteiger partial charge >= 0.3 is 0 Å². The molecule has 0 unspecified atom stereocenters. The number of benzene rings is 4. The minimum Gasteiger partial charge on any atom is -0.351 e. The van der Waals surface area contributed by atoms with Gasteiger partial charge in [-0.25, -0.2) is 0 Å². The number of aromatic nitrogens is 2. The Balaban J connectivity index is 1.43. The number of nitrogens with zero attached hydrogens (tertiary/aromatic N) is 2. The van der Waals surface area contributed by atoms with E-state index >= 15 is 0 Å². The standard InChI is InChI=1S/C32H34N2/c1-4-5-6-7-8-9-10-22-21-30-28-14-12-23-24(26(28)16-18-32(30)34(22)3)11-13-27-25(23)15-17-31-29(27)19-20-33(31)2/h11-21H,4-10H2,1-3H3. The summed E-state index contributed by atoms with van der Waals surface area (Å²) >= 11 is 0. The lowest BCUT2D eigenvalue weighted by molar-refractivity contribution is 0.600. The molecule has 0 aliphatic rings. The van der Waals surface area contributed by atoms with Crippen molar-refractivity contribution < 1.29 is 0 Å². The van der Waals surface area contributed by atoms with E-state index in [9.17, 15) is 0 Å². The summed E-state index contributed by atoms with van der Waals surface area (Å²) in [5.74, 6) is 0. The van der Waals surface area contributed by atoms with E-state index in [1.807, 2.05) is 0 Å². The summed E-state index contributed by atoms with van der Waals surface area (Å²) in [5.41, 5.74) is 4.10. The van der Waals surface area contributed by atoms with Gasteiger partial charge in [0.15, 0.2) is 0 Å². The molecule has 0 saturated carbocycles. The second-order valence-electron chi connectivity index (χ2n) is 10.1. The normalized spacial score (nSPS) is 12.2. The van der Waals surface area contributed by atoms with Crippen molar-refractivity contribution in [2.75, 3.05) is 0 Å². The molecule has 0 bridgehead atoms.